The molecule has 6 nitrogen and oxygen atoms in total. The van der Waals surface area contributed by atoms with E-state index in [0.717, 1.165) is 21.3 Å². The van der Waals surface area contributed by atoms with Crippen molar-refractivity contribution in [3.8, 4) is 0 Å². The molecule has 0 saturated heterocycles. The summed E-state index contributed by atoms with van der Waals surface area (Å²) in [5.74, 6) is -0.407. The van der Waals surface area contributed by atoms with Gasteiger partial charge in [0.2, 0.25) is 0 Å². The Bertz CT molecular complexity index is 1320. The molecule has 5 rings (SSSR count). The molecule has 0 bridgehead atoms. The van der Waals surface area contributed by atoms with Gasteiger partial charge >= 0.3 is 0 Å². The first-order valence-electron chi connectivity index (χ1n) is 9.66. The SMILES string of the molecule is Cn1c(=NC(=O)C2Cc3ccccc3CN2C(=O)c2ccco2)sc2ccccc21. The molecule has 3 heterocycles. The van der Waals surface area contributed by atoms with Crippen molar-refractivity contribution < 1.29 is 14.0 Å². The smallest absolute Gasteiger partial charge is 0.290 e. The van der Waals surface area contributed by atoms with E-state index in [1.807, 2.05) is 60.1 Å². The van der Waals surface area contributed by atoms with Gasteiger partial charge in [-0.2, -0.15) is 4.99 Å². The van der Waals surface area contributed by atoms with Crippen molar-refractivity contribution in [2.45, 2.75) is 19.0 Å². The number of hydrogen-bond acceptors (Lipinski definition) is 4. The Morgan fingerprint density at radius 1 is 1.03 bits per heavy atom. The van der Waals surface area contributed by atoms with E-state index in [2.05, 4.69) is 4.99 Å². The van der Waals surface area contributed by atoms with Gasteiger partial charge < -0.3 is 13.9 Å². The molecule has 0 radical (unpaired) electrons. The van der Waals surface area contributed by atoms with Crippen molar-refractivity contribution in [3.63, 3.8) is 0 Å². The Labute approximate surface area is 176 Å². The molecule has 2 aromatic carbocycles. The molecule has 2 aromatic heterocycles. The maximum Gasteiger partial charge on any atom is 0.290 e. The summed E-state index contributed by atoms with van der Waals surface area (Å²) in [6.45, 7) is 0.347. The van der Waals surface area contributed by atoms with Crippen LogP contribution in [0.4, 0.5) is 0 Å². The molecule has 4 aromatic rings. The standard InChI is InChI=1S/C23H19N3O3S/c1-25-17-9-4-5-11-20(17)30-23(25)24-21(27)18-13-15-7-2-3-8-16(15)14-26(18)22(28)19-10-6-12-29-19/h2-12,18H,13-14H2,1H3. The van der Waals surface area contributed by atoms with Gasteiger partial charge in [0.15, 0.2) is 10.6 Å². The van der Waals surface area contributed by atoms with Crippen LogP contribution in [-0.2, 0) is 24.8 Å². The minimum Gasteiger partial charge on any atom is -0.459 e. The van der Waals surface area contributed by atoms with E-state index in [9.17, 15) is 9.59 Å². The van der Waals surface area contributed by atoms with E-state index in [0.29, 0.717) is 17.8 Å². The van der Waals surface area contributed by atoms with Crippen LogP contribution in [0, 0.1) is 0 Å². The summed E-state index contributed by atoms with van der Waals surface area (Å²) in [5.41, 5.74) is 3.12. The molecular formula is C23H19N3O3S. The number of rotatable bonds is 2. The third kappa shape index (κ3) is 3.17. The van der Waals surface area contributed by atoms with Crippen LogP contribution in [0.3, 0.4) is 0 Å². The quantitative estimate of drug-likeness (QED) is 0.501. The normalized spacial score (nSPS) is 16.6. The van der Waals surface area contributed by atoms with E-state index >= 15 is 0 Å². The largest absolute Gasteiger partial charge is 0.459 e. The Kier molecular flexibility index (Phi) is 4.59. The second-order valence-electron chi connectivity index (χ2n) is 7.26. The Balaban J connectivity index is 1.56. The van der Waals surface area contributed by atoms with Gasteiger partial charge in [0.1, 0.15) is 6.04 Å². The molecule has 0 aliphatic carbocycles. The van der Waals surface area contributed by atoms with E-state index in [-0.39, 0.29) is 17.6 Å². The van der Waals surface area contributed by atoms with Crippen LogP contribution >= 0.6 is 11.3 Å². The highest BCUT2D eigenvalue weighted by atomic mass is 32.1. The molecule has 30 heavy (non-hydrogen) atoms. The lowest BCUT2D eigenvalue weighted by atomic mass is 9.93. The lowest BCUT2D eigenvalue weighted by molar-refractivity contribution is -0.123. The average Bonchev–Trinajstić information content (AvgIpc) is 3.41. The first-order chi connectivity index (χ1) is 14.6. The third-order valence-corrected chi connectivity index (χ3v) is 6.56. The summed E-state index contributed by atoms with van der Waals surface area (Å²) >= 11 is 1.46. The molecule has 1 aliphatic rings. The number of amides is 2. The van der Waals surface area contributed by atoms with Gasteiger partial charge in [-0.3, -0.25) is 9.59 Å². The molecule has 0 spiro atoms. The van der Waals surface area contributed by atoms with Crippen LogP contribution in [0.5, 0.6) is 0 Å². The Hall–Kier alpha value is -3.45. The fourth-order valence-corrected chi connectivity index (χ4v) is 4.88. The highest BCUT2D eigenvalue weighted by molar-refractivity contribution is 7.16. The maximum absolute atomic E-state index is 13.3. The van der Waals surface area contributed by atoms with Crippen molar-refractivity contribution in [2.75, 3.05) is 0 Å². The lowest BCUT2D eigenvalue weighted by Crippen LogP contribution is -2.48. The number of carbonyl (C=O) groups is 2. The molecule has 0 N–H and O–H groups in total. The van der Waals surface area contributed by atoms with E-state index in [1.165, 1.54) is 17.6 Å². The Morgan fingerprint density at radius 3 is 2.57 bits per heavy atom. The number of carbonyl (C=O) groups excluding carboxylic acids is 2. The van der Waals surface area contributed by atoms with Crippen LogP contribution < -0.4 is 4.80 Å². The third-order valence-electron chi connectivity index (χ3n) is 5.45. The van der Waals surface area contributed by atoms with Crippen LogP contribution in [0.1, 0.15) is 21.7 Å². The molecule has 0 saturated carbocycles. The molecule has 1 aliphatic heterocycles. The van der Waals surface area contributed by atoms with Crippen molar-refractivity contribution in [1.82, 2.24) is 9.47 Å². The molecule has 1 atom stereocenters. The van der Waals surface area contributed by atoms with Gasteiger partial charge in [-0.15, -0.1) is 0 Å². The number of nitrogens with zero attached hydrogens (tertiary/aromatic N) is 3. The van der Waals surface area contributed by atoms with E-state index < -0.39 is 6.04 Å². The van der Waals surface area contributed by atoms with Gasteiger partial charge in [-0.25, -0.2) is 0 Å². The summed E-state index contributed by atoms with van der Waals surface area (Å²) in [4.78, 5) is 33.0. The number of aromatic nitrogens is 1. The Morgan fingerprint density at radius 2 is 1.80 bits per heavy atom. The summed E-state index contributed by atoms with van der Waals surface area (Å²) in [6, 6.07) is 18.4. The highest BCUT2D eigenvalue weighted by Crippen LogP contribution is 2.26. The first-order valence-corrected chi connectivity index (χ1v) is 10.5. The monoisotopic (exact) mass is 417 g/mol. The van der Waals surface area contributed by atoms with Crippen LogP contribution in [0.2, 0.25) is 0 Å². The van der Waals surface area contributed by atoms with Crippen LogP contribution in [0.25, 0.3) is 10.2 Å². The second-order valence-corrected chi connectivity index (χ2v) is 8.27. The number of furan rings is 1. The first kappa shape index (κ1) is 18.6. The molecule has 2 amide bonds. The predicted octanol–water partition coefficient (Wildman–Crippen LogP) is 3.53. The predicted molar refractivity (Wildman–Crippen MR) is 114 cm³/mol. The number of hydrogen-bond donors (Lipinski definition) is 0. The van der Waals surface area contributed by atoms with Crippen LogP contribution in [-0.4, -0.2) is 27.3 Å². The number of benzene rings is 2. The zero-order valence-corrected chi connectivity index (χ0v) is 17.1. The zero-order valence-electron chi connectivity index (χ0n) is 16.3. The summed E-state index contributed by atoms with van der Waals surface area (Å²) in [5, 5.41) is 0. The van der Waals surface area contributed by atoms with Gasteiger partial charge in [0.25, 0.3) is 11.8 Å². The molecule has 0 fully saturated rings. The van der Waals surface area contributed by atoms with Crippen molar-refractivity contribution >= 4 is 33.4 Å². The van der Waals surface area contributed by atoms with Gasteiger partial charge in [-0.05, 0) is 35.4 Å². The maximum atomic E-state index is 13.3. The molecule has 150 valence electrons. The molecule has 7 heteroatoms. The fourth-order valence-electron chi connectivity index (χ4n) is 3.86. The summed E-state index contributed by atoms with van der Waals surface area (Å²) < 4.78 is 8.28. The van der Waals surface area contributed by atoms with Crippen molar-refractivity contribution in [2.24, 2.45) is 12.0 Å². The fraction of sp³-hybridized carbons (Fsp3) is 0.174. The van der Waals surface area contributed by atoms with Gasteiger partial charge in [0, 0.05) is 20.0 Å². The van der Waals surface area contributed by atoms with Gasteiger partial charge in [0.05, 0.1) is 16.5 Å². The molecule has 1 unspecified atom stereocenters. The van der Waals surface area contributed by atoms with Gasteiger partial charge in [-0.1, -0.05) is 47.7 Å². The zero-order chi connectivity index (χ0) is 20.7. The number of aryl methyl sites for hydroxylation is 1. The van der Waals surface area contributed by atoms with Crippen molar-refractivity contribution in [3.05, 3.63) is 88.6 Å². The number of fused-ring (bicyclic) bond motifs is 2. The summed E-state index contributed by atoms with van der Waals surface area (Å²) in [6.07, 6.45) is 1.89. The minimum atomic E-state index is -0.678. The van der Waals surface area contributed by atoms with E-state index in [1.54, 1.807) is 17.0 Å². The highest BCUT2D eigenvalue weighted by Gasteiger charge is 2.36. The topological polar surface area (TPSA) is 67.8 Å². The van der Waals surface area contributed by atoms with Crippen LogP contribution in [0.15, 0.2) is 76.3 Å². The minimum absolute atomic E-state index is 0.222. The van der Waals surface area contributed by atoms with Crippen molar-refractivity contribution in [1.29, 1.82) is 0 Å². The average molecular weight is 417 g/mol. The number of thiazole rings is 1. The second kappa shape index (κ2) is 7.42. The van der Waals surface area contributed by atoms with E-state index in [4.69, 9.17) is 4.42 Å². The molecular weight excluding hydrogens is 398 g/mol. The number of para-hydroxylation sites is 1. The lowest BCUT2D eigenvalue weighted by Gasteiger charge is -2.34. The summed E-state index contributed by atoms with van der Waals surface area (Å²) in [7, 11) is 1.90.